The summed E-state index contributed by atoms with van der Waals surface area (Å²) < 4.78 is 27.3. The summed E-state index contributed by atoms with van der Waals surface area (Å²) >= 11 is 0. The van der Waals surface area contributed by atoms with Crippen LogP contribution < -0.4 is 5.32 Å². The molecule has 0 amide bonds. The zero-order valence-electron chi connectivity index (χ0n) is 13.0. The van der Waals surface area contributed by atoms with Crippen LogP contribution in [0.5, 0.6) is 0 Å². The largest absolute Gasteiger partial charge is 0.384 e. The molecular formula is C15H25N3O2S. The number of nitrogens with zero attached hydrogens (tertiary/aromatic N) is 2. The molecule has 21 heavy (non-hydrogen) atoms. The maximum absolute atomic E-state index is 12.9. The predicted molar refractivity (Wildman–Crippen MR) is 86.1 cm³/mol. The van der Waals surface area contributed by atoms with E-state index < -0.39 is 10.0 Å². The molecule has 1 aromatic carbocycles. The smallest absolute Gasteiger partial charge is 0.245 e. The van der Waals surface area contributed by atoms with Crippen LogP contribution in [0, 0.1) is 0 Å². The zero-order valence-corrected chi connectivity index (χ0v) is 13.9. The molecule has 1 aromatic rings. The number of para-hydroxylation sites is 1. The van der Waals surface area contributed by atoms with Crippen molar-refractivity contribution in [3.63, 3.8) is 0 Å². The number of likely N-dealkylation sites (tertiary alicyclic amines) is 1. The molecule has 118 valence electrons. The third-order valence-electron chi connectivity index (χ3n) is 4.03. The summed E-state index contributed by atoms with van der Waals surface area (Å²) in [4.78, 5) is 2.55. The number of benzene rings is 1. The quantitative estimate of drug-likeness (QED) is 0.901. The van der Waals surface area contributed by atoms with Gasteiger partial charge in [0.15, 0.2) is 0 Å². The van der Waals surface area contributed by atoms with Gasteiger partial charge < -0.3 is 10.2 Å². The second-order valence-corrected chi connectivity index (χ2v) is 7.57. The van der Waals surface area contributed by atoms with Crippen molar-refractivity contribution >= 4 is 15.7 Å². The molecule has 0 saturated carbocycles. The second-order valence-electron chi connectivity index (χ2n) is 5.61. The maximum atomic E-state index is 12.9. The lowest BCUT2D eigenvalue weighted by Gasteiger charge is -2.35. The van der Waals surface area contributed by atoms with Crippen LogP contribution in [0.4, 0.5) is 5.69 Å². The van der Waals surface area contributed by atoms with Crippen LogP contribution in [-0.2, 0) is 10.0 Å². The molecule has 1 aliphatic rings. The van der Waals surface area contributed by atoms with Crippen LogP contribution >= 0.6 is 0 Å². The lowest BCUT2D eigenvalue weighted by molar-refractivity contribution is 0.187. The number of sulfonamides is 1. The number of hydrogen-bond donors (Lipinski definition) is 1. The Hall–Kier alpha value is -1.11. The summed E-state index contributed by atoms with van der Waals surface area (Å²) in [6, 6.07) is 7.16. The monoisotopic (exact) mass is 311 g/mol. The third kappa shape index (κ3) is 3.56. The summed E-state index contributed by atoms with van der Waals surface area (Å²) in [6.07, 6.45) is 1.96. The van der Waals surface area contributed by atoms with Crippen molar-refractivity contribution in [1.82, 2.24) is 9.21 Å². The summed E-state index contributed by atoms with van der Waals surface area (Å²) in [5.41, 5.74) is 0.677. The Labute approximate surface area is 128 Å². The van der Waals surface area contributed by atoms with Crippen LogP contribution in [0.2, 0.25) is 0 Å². The van der Waals surface area contributed by atoms with Gasteiger partial charge in [0.1, 0.15) is 4.90 Å². The number of piperidine rings is 1. The normalized spacial score (nSPS) is 20.7. The second kappa shape index (κ2) is 6.77. The Balaban J connectivity index is 2.28. The van der Waals surface area contributed by atoms with Crippen molar-refractivity contribution in [2.24, 2.45) is 0 Å². The van der Waals surface area contributed by atoms with Crippen molar-refractivity contribution in [1.29, 1.82) is 0 Å². The van der Waals surface area contributed by atoms with E-state index in [1.807, 2.05) is 26.1 Å². The number of rotatable bonds is 5. The highest BCUT2D eigenvalue weighted by atomic mass is 32.2. The molecule has 2 rings (SSSR count). The standard InChI is InChI=1S/C15H25N3O2S/c1-4-16-14-9-5-6-10-15(14)21(19,20)18(3)13-8-7-11-17(2)12-13/h5-6,9-10,13,16H,4,7-8,11-12H2,1-3H3. The minimum absolute atomic E-state index is 0.0448. The number of hydrogen-bond acceptors (Lipinski definition) is 4. The van der Waals surface area contributed by atoms with Crippen LogP contribution in [0.3, 0.4) is 0 Å². The molecule has 1 saturated heterocycles. The zero-order chi connectivity index (χ0) is 15.5. The minimum Gasteiger partial charge on any atom is -0.384 e. The Bertz CT molecular complexity index is 574. The highest BCUT2D eigenvalue weighted by Gasteiger charge is 2.31. The van der Waals surface area contributed by atoms with Gasteiger partial charge in [-0.3, -0.25) is 0 Å². The lowest BCUT2D eigenvalue weighted by atomic mass is 10.1. The van der Waals surface area contributed by atoms with E-state index in [2.05, 4.69) is 10.2 Å². The van der Waals surface area contributed by atoms with Crippen LogP contribution in [0.1, 0.15) is 19.8 Å². The fourth-order valence-corrected chi connectivity index (χ4v) is 4.36. The first-order valence-corrected chi connectivity index (χ1v) is 8.90. The summed E-state index contributed by atoms with van der Waals surface area (Å²) in [7, 11) is 0.266. The van der Waals surface area contributed by atoms with Gasteiger partial charge in [-0.1, -0.05) is 12.1 Å². The molecular weight excluding hydrogens is 286 g/mol. The first kappa shape index (κ1) is 16.3. The molecule has 1 heterocycles. The van der Waals surface area contributed by atoms with Crippen LogP contribution in [-0.4, -0.2) is 57.4 Å². The highest BCUT2D eigenvalue weighted by molar-refractivity contribution is 7.89. The minimum atomic E-state index is -3.47. The number of anilines is 1. The van der Waals surface area contributed by atoms with Gasteiger partial charge in [-0.2, -0.15) is 4.31 Å². The fourth-order valence-electron chi connectivity index (χ4n) is 2.82. The average Bonchev–Trinajstić information content (AvgIpc) is 2.47. The number of nitrogens with one attached hydrogen (secondary N) is 1. The molecule has 1 aliphatic heterocycles. The van der Waals surface area contributed by atoms with E-state index in [1.54, 1.807) is 23.5 Å². The van der Waals surface area contributed by atoms with Gasteiger partial charge in [0, 0.05) is 26.2 Å². The fraction of sp³-hybridized carbons (Fsp3) is 0.600. The molecule has 0 bridgehead atoms. The molecule has 5 nitrogen and oxygen atoms in total. The topological polar surface area (TPSA) is 52.7 Å². The Morgan fingerprint density at radius 3 is 2.76 bits per heavy atom. The van der Waals surface area contributed by atoms with Crippen molar-refractivity contribution in [3.8, 4) is 0 Å². The Morgan fingerprint density at radius 2 is 2.10 bits per heavy atom. The van der Waals surface area contributed by atoms with E-state index in [0.29, 0.717) is 17.1 Å². The molecule has 1 unspecified atom stereocenters. The molecule has 0 spiro atoms. The van der Waals surface area contributed by atoms with Crippen LogP contribution in [0.25, 0.3) is 0 Å². The van der Waals surface area contributed by atoms with Crippen molar-refractivity contribution < 1.29 is 8.42 Å². The van der Waals surface area contributed by atoms with E-state index >= 15 is 0 Å². The Morgan fingerprint density at radius 1 is 1.38 bits per heavy atom. The highest BCUT2D eigenvalue weighted by Crippen LogP contribution is 2.27. The van der Waals surface area contributed by atoms with E-state index in [0.717, 1.165) is 25.9 Å². The molecule has 0 aromatic heterocycles. The molecule has 1 N–H and O–H groups in total. The molecule has 0 radical (unpaired) electrons. The first-order valence-electron chi connectivity index (χ1n) is 7.46. The molecule has 1 fully saturated rings. The van der Waals surface area contributed by atoms with E-state index in [9.17, 15) is 8.42 Å². The van der Waals surface area contributed by atoms with Gasteiger partial charge in [-0.15, -0.1) is 0 Å². The molecule has 6 heteroatoms. The SMILES string of the molecule is CCNc1ccccc1S(=O)(=O)N(C)C1CCCN(C)C1. The molecule has 0 aliphatic carbocycles. The van der Waals surface area contributed by atoms with Crippen molar-refractivity contribution in [3.05, 3.63) is 24.3 Å². The van der Waals surface area contributed by atoms with E-state index in [-0.39, 0.29) is 6.04 Å². The maximum Gasteiger partial charge on any atom is 0.245 e. The van der Waals surface area contributed by atoms with E-state index in [4.69, 9.17) is 0 Å². The van der Waals surface area contributed by atoms with Gasteiger partial charge >= 0.3 is 0 Å². The van der Waals surface area contributed by atoms with Gasteiger partial charge in [0.25, 0.3) is 0 Å². The van der Waals surface area contributed by atoms with Gasteiger partial charge in [0.05, 0.1) is 5.69 Å². The average molecular weight is 311 g/mol. The van der Waals surface area contributed by atoms with E-state index in [1.165, 1.54) is 0 Å². The van der Waals surface area contributed by atoms with Crippen molar-refractivity contribution in [2.75, 3.05) is 39.0 Å². The van der Waals surface area contributed by atoms with Gasteiger partial charge in [-0.05, 0) is 45.5 Å². The summed E-state index contributed by atoms with van der Waals surface area (Å²) in [5.74, 6) is 0. The third-order valence-corrected chi connectivity index (χ3v) is 5.99. The molecule has 1 atom stereocenters. The summed E-state index contributed by atoms with van der Waals surface area (Å²) in [5, 5.41) is 3.13. The summed E-state index contributed by atoms with van der Waals surface area (Å²) in [6.45, 7) is 4.49. The first-order chi connectivity index (χ1) is 9.96. The van der Waals surface area contributed by atoms with Crippen molar-refractivity contribution in [2.45, 2.75) is 30.7 Å². The predicted octanol–water partition coefficient (Wildman–Crippen LogP) is 1.83. The lowest BCUT2D eigenvalue weighted by Crippen LogP contribution is -2.47. The van der Waals surface area contributed by atoms with Gasteiger partial charge in [-0.25, -0.2) is 8.42 Å². The Kier molecular flexibility index (Phi) is 5.24. The van der Waals surface area contributed by atoms with Gasteiger partial charge in [0.2, 0.25) is 10.0 Å². The van der Waals surface area contributed by atoms with Crippen LogP contribution in [0.15, 0.2) is 29.2 Å². The number of likely N-dealkylation sites (N-methyl/N-ethyl adjacent to an activating group) is 2.